The van der Waals surface area contributed by atoms with Crippen LogP contribution in [0.3, 0.4) is 0 Å². The lowest BCUT2D eigenvalue weighted by Crippen LogP contribution is -2.31. The molecule has 0 bridgehead atoms. The molecule has 0 fully saturated rings. The lowest BCUT2D eigenvalue weighted by molar-refractivity contribution is -0.141. The van der Waals surface area contributed by atoms with E-state index in [1.165, 1.54) is 49.6 Å². The molecule has 29 heavy (non-hydrogen) atoms. The van der Waals surface area contributed by atoms with Crippen molar-refractivity contribution in [1.82, 2.24) is 14.3 Å². The molecule has 0 aliphatic carbocycles. The number of pyridine rings is 1. The summed E-state index contributed by atoms with van der Waals surface area (Å²) < 4.78 is 65.0. The zero-order chi connectivity index (χ0) is 21.3. The first kappa shape index (κ1) is 20.4. The molecule has 2 heterocycles. The molecule has 0 unspecified atom stereocenters. The maximum absolute atomic E-state index is 13.0. The van der Waals surface area contributed by atoms with Crippen molar-refractivity contribution in [3.8, 4) is 11.1 Å². The van der Waals surface area contributed by atoms with Gasteiger partial charge in [0.05, 0.1) is 6.54 Å². The van der Waals surface area contributed by atoms with Gasteiger partial charge < -0.3 is 4.90 Å². The molecule has 0 atom stereocenters. The smallest absolute Gasteiger partial charge is 0.336 e. The fraction of sp³-hybridized carbons (Fsp3) is 0.211. The third-order valence-corrected chi connectivity index (χ3v) is 4.18. The normalized spacial score (nSPS) is 11.8. The summed E-state index contributed by atoms with van der Waals surface area (Å²) in [7, 11) is 1.24. The number of carbonyl (C=O) groups excluding carboxylic acids is 1. The second-order valence-electron chi connectivity index (χ2n) is 6.25. The average molecular weight is 411 g/mol. The van der Waals surface area contributed by atoms with Gasteiger partial charge in [-0.05, 0) is 29.8 Å². The minimum absolute atomic E-state index is 0.137. The van der Waals surface area contributed by atoms with Crippen LogP contribution in [0.25, 0.3) is 16.8 Å². The molecule has 0 aliphatic rings. The predicted molar refractivity (Wildman–Crippen MR) is 94.9 cm³/mol. The molecular formula is C19H14F5N3O2. The van der Waals surface area contributed by atoms with Gasteiger partial charge in [0.25, 0.3) is 17.9 Å². The average Bonchev–Trinajstić information content (AvgIpc) is 2.66. The zero-order valence-corrected chi connectivity index (χ0v) is 15.0. The lowest BCUT2D eigenvalue weighted by atomic mass is 10.0. The number of aromatic nitrogens is 2. The Morgan fingerprint density at radius 2 is 1.83 bits per heavy atom. The highest BCUT2D eigenvalue weighted by molar-refractivity contribution is 5.94. The molecule has 0 aliphatic heterocycles. The van der Waals surface area contributed by atoms with Gasteiger partial charge in [-0.1, -0.05) is 12.1 Å². The lowest BCUT2D eigenvalue weighted by Gasteiger charge is -2.16. The number of amides is 1. The molecular weight excluding hydrogens is 397 g/mol. The largest absolute Gasteiger partial charge is 0.433 e. The minimum Gasteiger partial charge on any atom is -0.336 e. The van der Waals surface area contributed by atoms with Crippen LogP contribution in [0.15, 0.2) is 53.5 Å². The molecule has 152 valence electrons. The van der Waals surface area contributed by atoms with Gasteiger partial charge in [0, 0.05) is 30.4 Å². The van der Waals surface area contributed by atoms with Crippen LogP contribution in [0, 0.1) is 0 Å². The van der Waals surface area contributed by atoms with Crippen LogP contribution in [0.1, 0.15) is 16.1 Å². The van der Waals surface area contributed by atoms with E-state index in [2.05, 4.69) is 4.98 Å². The second-order valence-corrected chi connectivity index (χ2v) is 6.25. The van der Waals surface area contributed by atoms with Crippen LogP contribution >= 0.6 is 0 Å². The maximum atomic E-state index is 13.0. The van der Waals surface area contributed by atoms with E-state index in [1.54, 1.807) is 0 Å². The number of hydrogen-bond donors (Lipinski definition) is 0. The van der Waals surface area contributed by atoms with Gasteiger partial charge in [-0.3, -0.25) is 14.0 Å². The Balaban J connectivity index is 2.04. The van der Waals surface area contributed by atoms with Crippen molar-refractivity contribution in [3.05, 3.63) is 70.3 Å². The summed E-state index contributed by atoms with van der Waals surface area (Å²) in [5.74, 6) is -0.622. The summed E-state index contributed by atoms with van der Waals surface area (Å²) in [5, 5.41) is 0. The Kier molecular flexibility index (Phi) is 5.36. The van der Waals surface area contributed by atoms with Crippen molar-refractivity contribution < 1.29 is 26.7 Å². The van der Waals surface area contributed by atoms with E-state index >= 15 is 0 Å². The Hall–Kier alpha value is -3.30. The molecule has 0 saturated carbocycles. The Labute approximate surface area is 161 Å². The van der Waals surface area contributed by atoms with E-state index in [0.717, 1.165) is 9.30 Å². The summed E-state index contributed by atoms with van der Waals surface area (Å²) in [6, 6.07) is 9.02. The maximum Gasteiger partial charge on any atom is 0.433 e. The number of halogens is 5. The molecule has 0 N–H and O–H groups in total. The summed E-state index contributed by atoms with van der Waals surface area (Å²) >= 11 is 0. The minimum atomic E-state index is -4.79. The summed E-state index contributed by atoms with van der Waals surface area (Å²) in [5.41, 5.74) is -1.60. The van der Waals surface area contributed by atoms with Crippen LogP contribution in [0.2, 0.25) is 0 Å². The van der Waals surface area contributed by atoms with Gasteiger partial charge in [0.15, 0.2) is 5.69 Å². The van der Waals surface area contributed by atoms with E-state index in [9.17, 15) is 31.5 Å². The number of nitrogens with zero attached hydrogens (tertiary/aromatic N) is 3. The molecule has 1 aromatic carbocycles. The summed E-state index contributed by atoms with van der Waals surface area (Å²) in [6.45, 7) is -0.725. The van der Waals surface area contributed by atoms with Crippen molar-refractivity contribution in [2.24, 2.45) is 0 Å². The number of benzene rings is 1. The molecule has 2 aromatic heterocycles. The number of carbonyl (C=O) groups is 1. The van der Waals surface area contributed by atoms with Crippen molar-refractivity contribution >= 4 is 11.6 Å². The van der Waals surface area contributed by atoms with Gasteiger partial charge >= 0.3 is 6.18 Å². The van der Waals surface area contributed by atoms with Crippen molar-refractivity contribution in [2.45, 2.75) is 12.6 Å². The third-order valence-electron chi connectivity index (χ3n) is 4.18. The van der Waals surface area contributed by atoms with Crippen molar-refractivity contribution in [1.29, 1.82) is 0 Å². The van der Waals surface area contributed by atoms with Crippen LogP contribution in [-0.4, -0.2) is 40.2 Å². The van der Waals surface area contributed by atoms with Crippen molar-refractivity contribution in [3.63, 3.8) is 0 Å². The van der Waals surface area contributed by atoms with Crippen LogP contribution in [0.5, 0.6) is 0 Å². The number of alkyl halides is 5. The fourth-order valence-electron chi connectivity index (χ4n) is 2.80. The SMILES string of the molecule is CN(CC(F)F)C(=O)c1ccc(-c2cccn3c(=O)cc(C(F)(F)F)nc23)cc1. The first-order valence-electron chi connectivity index (χ1n) is 8.31. The Morgan fingerprint density at radius 1 is 1.17 bits per heavy atom. The van der Waals surface area contributed by atoms with Gasteiger partial charge in [-0.15, -0.1) is 0 Å². The quantitative estimate of drug-likeness (QED) is 0.615. The molecule has 0 saturated heterocycles. The van der Waals surface area contributed by atoms with Crippen LogP contribution in [0.4, 0.5) is 22.0 Å². The molecule has 0 radical (unpaired) electrons. The predicted octanol–water partition coefficient (Wildman–Crippen LogP) is 3.72. The van der Waals surface area contributed by atoms with E-state index < -0.39 is 36.3 Å². The second kappa shape index (κ2) is 7.61. The van der Waals surface area contributed by atoms with Gasteiger partial charge in [0.1, 0.15) is 5.65 Å². The first-order chi connectivity index (χ1) is 13.6. The fourth-order valence-corrected chi connectivity index (χ4v) is 2.80. The van der Waals surface area contributed by atoms with E-state index in [-0.39, 0.29) is 16.8 Å². The monoisotopic (exact) mass is 411 g/mol. The summed E-state index contributed by atoms with van der Waals surface area (Å²) in [4.78, 5) is 28.6. The molecule has 10 heteroatoms. The molecule has 5 nitrogen and oxygen atoms in total. The van der Waals surface area contributed by atoms with Gasteiger partial charge in [0.2, 0.25) is 0 Å². The third kappa shape index (κ3) is 4.25. The number of hydrogen-bond acceptors (Lipinski definition) is 3. The Morgan fingerprint density at radius 3 is 2.41 bits per heavy atom. The van der Waals surface area contributed by atoms with Gasteiger partial charge in [-0.2, -0.15) is 13.2 Å². The number of rotatable bonds is 4. The first-order valence-corrected chi connectivity index (χ1v) is 8.31. The topological polar surface area (TPSA) is 54.7 Å². The van der Waals surface area contributed by atoms with Crippen LogP contribution in [-0.2, 0) is 6.18 Å². The standard InChI is InChI=1S/C19H14F5N3O2/c1-26(10-15(20)21)18(29)12-6-4-11(5-7-12)13-3-2-8-27-16(28)9-14(19(22,23)24)25-17(13)27/h2-9,15H,10H2,1H3. The summed E-state index contributed by atoms with van der Waals surface area (Å²) in [6.07, 6.45) is -6.16. The highest BCUT2D eigenvalue weighted by atomic mass is 19.4. The van der Waals surface area contributed by atoms with Gasteiger partial charge in [-0.25, -0.2) is 13.8 Å². The van der Waals surface area contributed by atoms with E-state index in [0.29, 0.717) is 11.6 Å². The zero-order valence-electron chi connectivity index (χ0n) is 15.0. The highest BCUT2D eigenvalue weighted by Gasteiger charge is 2.33. The van der Waals surface area contributed by atoms with Crippen molar-refractivity contribution in [2.75, 3.05) is 13.6 Å². The molecule has 3 aromatic rings. The molecule has 1 amide bonds. The highest BCUT2D eigenvalue weighted by Crippen LogP contribution is 2.29. The number of fused-ring (bicyclic) bond motifs is 1. The molecule has 0 spiro atoms. The van der Waals surface area contributed by atoms with Crippen LogP contribution < -0.4 is 5.56 Å². The Bertz CT molecular complexity index is 1110. The molecule has 3 rings (SSSR count). The van der Waals surface area contributed by atoms with E-state index in [4.69, 9.17) is 0 Å². The van der Waals surface area contributed by atoms with E-state index in [1.807, 2.05) is 0 Å².